The average molecular weight is 440 g/mol. The number of amides is 1. The van der Waals surface area contributed by atoms with Crippen LogP contribution in [-0.2, 0) is 18.3 Å². The maximum atomic E-state index is 13.1. The summed E-state index contributed by atoms with van der Waals surface area (Å²) in [5, 5.41) is 7.52. The van der Waals surface area contributed by atoms with Crippen molar-refractivity contribution in [2.75, 3.05) is 0 Å². The summed E-state index contributed by atoms with van der Waals surface area (Å²) in [5.41, 5.74) is 1.50. The van der Waals surface area contributed by atoms with Crippen molar-refractivity contribution >= 4 is 17.5 Å². The Morgan fingerprint density at radius 3 is 2.61 bits per heavy atom. The molecule has 2 heterocycles. The van der Waals surface area contributed by atoms with Gasteiger partial charge in [0.15, 0.2) is 0 Å². The first-order valence-corrected chi connectivity index (χ1v) is 9.98. The Morgan fingerprint density at radius 1 is 1.19 bits per heavy atom. The minimum atomic E-state index is -0.428. The summed E-state index contributed by atoms with van der Waals surface area (Å²) in [6.45, 7) is 0. The van der Waals surface area contributed by atoms with Crippen molar-refractivity contribution in [1.29, 1.82) is 0 Å². The third-order valence-corrected chi connectivity index (χ3v) is 5.01. The van der Waals surface area contributed by atoms with Crippen LogP contribution in [0.5, 0.6) is 0 Å². The molecule has 0 saturated heterocycles. The standard InChI is InChI=1S/C22H19ClFN5O2/c1-29-13-12-25-22(29)20(14-2-6-16(23)7-3-14)26-18(30)10-11-19-27-21(28-31-19)15-4-8-17(24)9-5-15/h2-9,12-13,20H,10-11H2,1H3,(H,26,30)/t20-/m0/s1. The van der Waals surface area contributed by atoms with Gasteiger partial charge < -0.3 is 14.4 Å². The second-order valence-electron chi connectivity index (χ2n) is 6.97. The molecular weight excluding hydrogens is 421 g/mol. The van der Waals surface area contributed by atoms with Gasteiger partial charge in [-0.3, -0.25) is 4.79 Å². The zero-order valence-electron chi connectivity index (χ0n) is 16.6. The number of hydrogen-bond acceptors (Lipinski definition) is 5. The van der Waals surface area contributed by atoms with Crippen LogP contribution >= 0.6 is 11.6 Å². The van der Waals surface area contributed by atoms with Crippen LogP contribution in [0.15, 0.2) is 65.4 Å². The summed E-state index contributed by atoms with van der Waals surface area (Å²) in [6, 6.07) is 12.6. The molecule has 0 radical (unpaired) electrons. The summed E-state index contributed by atoms with van der Waals surface area (Å²) >= 11 is 6.00. The number of nitrogens with zero attached hydrogens (tertiary/aromatic N) is 4. The van der Waals surface area contributed by atoms with Crippen molar-refractivity contribution in [3.8, 4) is 11.4 Å². The van der Waals surface area contributed by atoms with Crippen molar-refractivity contribution in [2.24, 2.45) is 7.05 Å². The van der Waals surface area contributed by atoms with Crippen LogP contribution in [0.3, 0.4) is 0 Å². The molecule has 0 saturated carbocycles. The zero-order valence-corrected chi connectivity index (χ0v) is 17.4. The minimum Gasteiger partial charge on any atom is -0.342 e. The van der Waals surface area contributed by atoms with E-state index in [9.17, 15) is 9.18 Å². The van der Waals surface area contributed by atoms with Crippen LogP contribution in [0.25, 0.3) is 11.4 Å². The molecule has 0 unspecified atom stereocenters. The van der Waals surface area contributed by atoms with Gasteiger partial charge in [-0.25, -0.2) is 9.37 Å². The number of imidazole rings is 1. The first-order valence-electron chi connectivity index (χ1n) is 9.60. The largest absolute Gasteiger partial charge is 0.342 e. The molecule has 0 fully saturated rings. The van der Waals surface area contributed by atoms with E-state index in [0.29, 0.717) is 28.1 Å². The fourth-order valence-electron chi connectivity index (χ4n) is 3.13. The first-order chi connectivity index (χ1) is 15.0. The van der Waals surface area contributed by atoms with E-state index >= 15 is 0 Å². The third kappa shape index (κ3) is 4.97. The van der Waals surface area contributed by atoms with Crippen LogP contribution in [0.1, 0.15) is 29.7 Å². The zero-order chi connectivity index (χ0) is 21.8. The molecule has 1 amide bonds. The number of carbonyl (C=O) groups excluding carboxylic acids is 1. The maximum Gasteiger partial charge on any atom is 0.227 e. The molecule has 0 aliphatic carbocycles. The number of hydrogen-bond donors (Lipinski definition) is 1. The van der Waals surface area contributed by atoms with Crippen molar-refractivity contribution < 1.29 is 13.7 Å². The van der Waals surface area contributed by atoms with E-state index in [1.54, 1.807) is 30.5 Å². The van der Waals surface area contributed by atoms with Crippen molar-refractivity contribution in [2.45, 2.75) is 18.9 Å². The van der Waals surface area contributed by atoms with E-state index in [0.717, 1.165) is 5.56 Å². The lowest BCUT2D eigenvalue weighted by molar-refractivity contribution is -0.121. The SMILES string of the molecule is Cn1ccnc1[C@@H](NC(=O)CCc1nc(-c2ccc(F)cc2)no1)c1ccc(Cl)cc1. The van der Waals surface area contributed by atoms with Gasteiger partial charge in [0, 0.05) is 42.9 Å². The molecule has 1 N–H and O–H groups in total. The molecule has 0 aliphatic rings. The monoisotopic (exact) mass is 439 g/mol. The fraction of sp³-hybridized carbons (Fsp3) is 0.182. The van der Waals surface area contributed by atoms with E-state index in [2.05, 4.69) is 20.4 Å². The van der Waals surface area contributed by atoms with Gasteiger partial charge in [-0.15, -0.1) is 0 Å². The molecule has 31 heavy (non-hydrogen) atoms. The van der Waals surface area contributed by atoms with Gasteiger partial charge in [0.05, 0.1) is 0 Å². The third-order valence-electron chi connectivity index (χ3n) is 4.76. The van der Waals surface area contributed by atoms with Gasteiger partial charge in [0.2, 0.25) is 17.6 Å². The summed E-state index contributed by atoms with van der Waals surface area (Å²) in [6.07, 6.45) is 3.92. The number of nitrogens with one attached hydrogen (secondary N) is 1. The topological polar surface area (TPSA) is 85.8 Å². The number of carbonyl (C=O) groups is 1. The highest BCUT2D eigenvalue weighted by Gasteiger charge is 2.21. The Labute approximate surface area is 182 Å². The second-order valence-corrected chi connectivity index (χ2v) is 7.40. The van der Waals surface area contributed by atoms with Crippen LogP contribution in [0.4, 0.5) is 4.39 Å². The highest BCUT2D eigenvalue weighted by atomic mass is 35.5. The molecule has 158 valence electrons. The minimum absolute atomic E-state index is 0.152. The number of halogens is 2. The lowest BCUT2D eigenvalue weighted by atomic mass is 10.1. The van der Waals surface area contributed by atoms with Gasteiger partial charge >= 0.3 is 0 Å². The lowest BCUT2D eigenvalue weighted by Crippen LogP contribution is -2.31. The normalized spacial score (nSPS) is 12.0. The van der Waals surface area contributed by atoms with Gasteiger partial charge in [-0.2, -0.15) is 4.98 Å². The first kappa shape index (κ1) is 20.7. The van der Waals surface area contributed by atoms with Gasteiger partial charge in [-0.1, -0.05) is 28.9 Å². The van der Waals surface area contributed by atoms with Crippen LogP contribution in [0, 0.1) is 5.82 Å². The van der Waals surface area contributed by atoms with Gasteiger partial charge in [0.25, 0.3) is 0 Å². The summed E-state index contributed by atoms with van der Waals surface area (Å²) in [5.74, 6) is 0.848. The summed E-state index contributed by atoms with van der Waals surface area (Å²) in [7, 11) is 1.87. The molecule has 0 bridgehead atoms. The summed E-state index contributed by atoms with van der Waals surface area (Å²) in [4.78, 5) is 21.3. The van der Waals surface area contributed by atoms with Crippen molar-refractivity contribution in [1.82, 2.24) is 25.0 Å². The Kier molecular flexibility index (Phi) is 6.08. The van der Waals surface area contributed by atoms with E-state index in [1.165, 1.54) is 12.1 Å². The molecule has 4 rings (SSSR count). The summed E-state index contributed by atoms with van der Waals surface area (Å²) < 4.78 is 20.2. The predicted octanol–water partition coefficient (Wildman–Crippen LogP) is 4.10. The average Bonchev–Trinajstić information content (AvgIpc) is 3.41. The highest BCUT2D eigenvalue weighted by Crippen LogP contribution is 2.23. The number of rotatable bonds is 7. The quantitative estimate of drug-likeness (QED) is 0.468. The van der Waals surface area contributed by atoms with E-state index in [1.807, 2.05) is 29.9 Å². The van der Waals surface area contributed by atoms with Crippen LogP contribution in [0.2, 0.25) is 5.02 Å². The molecule has 2 aromatic heterocycles. The Hall–Kier alpha value is -3.52. The number of aromatic nitrogens is 4. The molecule has 0 aliphatic heterocycles. The molecule has 9 heteroatoms. The maximum absolute atomic E-state index is 13.1. The molecule has 7 nitrogen and oxygen atoms in total. The Morgan fingerprint density at radius 2 is 1.94 bits per heavy atom. The smallest absolute Gasteiger partial charge is 0.227 e. The van der Waals surface area contributed by atoms with E-state index in [4.69, 9.17) is 16.1 Å². The molecule has 1 atom stereocenters. The molecule has 0 spiro atoms. The number of benzene rings is 2. The Bertz CT molecular complexity index is 1170. The lowest BCUT2D eigenvalue weighted by Gasteiger charge is -2.19. The van der Waals surface area contributed by atoms with Crippen molar-refractivity contribution in [3.05, 3.63) is 89.0 Å². The Balaban J connectivity index is 1.43. The predicted molar refractivity (Wildman–Crippen MR) is 113 cm³/mol. The van der Waals surface area contributed by atoms with E-state index < -0.39 is 6.04 Å². The van der Waals surface area contributed by atoms with Crippen LogP contribution < -0.4 is 5.32 Å². The second kappa shape index (κ2) is 9.09. The van der Waals surface area contributed by atoms with Gasteiger partial charge in [0.1, 0.15) is 17.7 Å². The molecular formula is C22H19ClFN5O2. The van der Waals surface area contributed by atoms with Crippen LogP contribution in [-0.4, -0.2) is 25.6 Å². The van der Waals surface area contributed by atoms with E-state index in [-0.39, 0.29) is 24.6 Å². The van der Waals surface area contributed by atoms with Gasteiger partial charge in [-0.05, 0) is 42.0 Å². The highest BCUT2D eigenvalue weighted by molar-refractivity contribution is 6.30. The van der Waals surface area contributed by atoms with Crippen molar-refractivity contribution in [3.63, 3.8) is 0 Å². The number of aryl methyl sites for hydroxylation is 2. The fourth-order valence-corrected chi connectivity index (χ4v) is 3.26. The molecule has 4 aromatic rings. The molecule has 2 aromatic carbocycles.